The van der Waals surface area contributed by atoms with Gasteiger partial charge in [0.05, 0.1) is 7.11 Å². The van der Waals surface area contributed by atoms with Gasteiger partial charge in [0.15, 0.2) is 0 Å². The predicted molar refractivity (Wildman–Crippen MR) is 128 cm³/mol. The number of benzene rings is 2. The lowest BCUT2D eigenvalue weighted by molar-refractivity contribution is -0.140. The highest BCUT2D eigenvalue weighted by Gasteiger charge is 2.28. The topological polar surface area (TPSA) is 58.6 Å². The molecular formula is C25H34N2O3S. The predicted octanol–water partition coefficient (Wildman–Crippen LogP) is 4.65. The number of carbonyl (C=O) groups excluding carboxylic acids is 2. The molecule has 31 heavy (non-hydrogen) atoms. The Hall–Kier alpha value is -2.47. The first kappa shape index (κ1) is 24.8. The van der Waals surface area contributed by atoms with Crippen molar-refractivity contribution in [3.8, 4) is 5.75 Å². The minimum atomic E-state index is -0.562. The highest BCUT2D eigenvalue weighted by molar-refractivity contribution is 7.98. The minimum Gasteiger partial charge on any atom is -0.497 e. The number of methoxy groups -OCH3 is 1. The largest absolute Gasteiger partial charge is 0.497 e. The second-order valence-electron chi connectivity index (χ2n) is 8.57. The summed E-state index contributed by atoms with van der Waals surface area (Å²) < 4.78 is 5.22. The molecule has 2 rings (SSSR count). The molecular weight excluding hydrogens is 408 g/mol. The van der Waals surface area contributed by atoms with E-state index in [9.17, 15) is 9.59 Å². The average molecular weight is 443 g/mol. The molecule has 168 valence electrons. The first-order valence-electron chi connectivity index (χ1n) is 10.6. The second kappa shape index (κ2) is 11.8. The van der Waals surface area contributed by atoms with Crippen LogP contribution in [0.2, 0.25) is 0 Å². The van der Waals surface area contributed by atoms with Gasteiger partial charge in [-0.15, -0.1) is 0 Å². The van der Waals surface area contributed by atoms with Crippen molar-refractivity contribution in [2.24, 2.45) is 0 Å². The van der Waals surface area contributed by atoms with Gasteiger partial charge in [0.2, 0.25) is 11.8 Å². The maximum Gasteiger partial charge on any atom is 0.242 e. The molecule has 0 saturated carbocycles. The molecule has 0 bridgehead atoms. The van der Waals surface area contributed by atoms with Crippen molar-refractivity contribution in [2.75, 3.05) is 12.9 Å². The van der Waals surface area contributed by atoms with E-state index in [0.717, 1.165) is 17.1 Å². The van der Waals surface area contributed by atoms with Gasteiger partial charge >= 0.3 is 0 Å². The van der Waals surface area contributed by atoms with E-state index in [2.05, 4.69) is 17.4 Å². The van der Waals surface area contributed by atoms with Crippen LogP contribution in [-0.2, 0) is 21.9 Å². The molecule has 0 saturated heterocycles. The molecule has 1 N–H and O–H groups in total. The third kappa shape index (κ3) is 8.66. The van der Waals surface area contributed by atoms with Crippen LogP contribution in [-0.4, -0.2) is 41.2 Å². The van der Waals surface area contributed by atoms with E-state index < -0.39 is 6.04 Å². The quantitative estimate of drug-likeness (QED) is 0.544. The molecule has 0 aromatic heterocycles. The lowest BCUT2D eigenvalue weighted by Gasteiger charge is -2.31. The highest BCUT2D eigenvalue weighted by Crippen LogP contribution is 2.18. The van der Waals surface area contributed by atoms with Crippen LogP contribution in [0.1, 0.15) is 45.2 Å². The number of rotatable bonds is 10. The zero-order valence-electron chi connectivity index (χ0n) is 19.2. The molecule has 6 heteroatoms. The molecule has 0 radical (unpaired) electrons. The summed E-state index contributed by atoms with van der Waals surface area (Å²) in [4.78, 5) is 27.6. The summed E-state index contributed by atoms with van der Waals surface area (Å²) in [6.45, 7) is 7.99. The molecule has 0 heterocycles. The van der Waals surface area contributed by atoms with Crippen molar-refractivity contribution >= 4 is 23.6 Å². The van der Waals surface area contributed by atoms with Crippen LogP contribution in [0.4, 0.5) is 0 Å². The van der Waals surface area contributed by atoms with Crippen molar-refractivity contribution in [3.05, 3.63) is 65.7 Å². The van der Waals surface area contributed by atoms with E-state index in [-0.39, 0.29) is 17.4 Å². The number of amides is 2. The van der Waals surface area contributed by atoms with Crippen molar-refractivity contribution in [1.82, 2.24) is 10.2 Å². The smallest absolute Gasteiger partial charge is 0.242 e. The third-order valence-electron chi connectivity index (χ3n) is 4.75. The number of hydrogen-bond acceptors (Lipinski definition) is 4. The van der Waals surface area contributed by atoms with Gasteiger partial charge in [0.25, 0.3) is 0 Å². The normalized spacial score (nSPS) is 12.2. The SMILES string of the molecule is COc1ccc(CN(C(=O)CCSCc2ccccc2)[C@H](C)C(=O)NC(C)(C)C)cc1. The highest BCUT2D eigenvalue weighted by atomic mass is 32.2. The van der Waals surface area contributed by atoms with Gasteiger partial charge in [-0.2, -0.15) is 11.8 Å². The Morgan fingerprint density at radius 1 is 1.03 bits per heavy atom. The van der Waals surface area contributed by atoms with Crippen LogP contribution in [0.3, 0.4) is 0 Å². The zero-order chi connectivity index (χ0) is 22.9. The number of thioether (sulfide) groups is 1. The molecule has 1 atom stereocenters. The third-order valence-corrected chi connectivity index (χ3v) is 5.78. The van der Waals surface area contributed by atoms with Gasteiger partial charge in [-0.25, -0.2) is 0 Å². The van der Waals surface area contributed by atoms with Gasteiger partial charge in [0.1, 0.15) is 11.8 Å². The Morgan fingerprint density at radius 3 is 2.26 bits per heavy atom. The van der Waals surface area contributed by atoms with Gasteiger partial charge in [-0.3, -0.25) is 9.59 Å². The van der Waals surface area contributed by atoms with Crippen molar-refractivity contribution in [1.29, 1.82) is 0 Å². The van der Waals surface area contributed by atoms with E-state index in [4.69, 9.17) is 4.74 Å². The summed E-state index contributed by atoms with van der Waals surface area (Å²) in [5.74, 6) is 2.17. The molecule has 2 aromatic rings. The van der Waals surface area contributed by atoms with Gasteiger partial charge in [-0.1, -0.05) is 42.5 Å². The first-order valence-corrected chi connectivity index (χ1v) is 11.7. The molecule has 0 fully saturated rings. The summed E-state index contributed by atoms with van der Waals surface area (Å²) in [5.41, 5.74) is 1.85. The van der Waals surface area contributed by atoms with Crippen LogP contribution < -0.4 is 10.1 Å². The maximum atomic E-state index is 13.1. The number of hydrogen-bond donors (Lipinski definition) is 1. The monoisotopic (exact) mass is 442 g/mol. The van der Waals surface area contributed by atoms with Gasteiger partial charge < -0.3 is 15.0 Å². The minimum absolute atomic E-state index is 0.0204. The van der Waals surface area contributed by atoms with Crippen molar-refractivity contribution < 1.29 is 14.3 Å². The molecule has 5 nitrogen and oxygen atoms in total. The van der Waals surface area contributed by atoms with Crippen LogP contribution in [0.15, 0.2) is 54.6 Å². The number of ether oxygens (including phenoxy) is 1. The Bertz CT molecular complexity index is 832. The molecule has 2 amide bonds. The lowest BCUT2D eigenvalue weighted by atomic mass is 10.1. The number of nitrogens with zero attached hydrogens (tertiary/aromatic N) is 1. The van der Waals surface area contributed by atoms with E-state index >= 15 is 0 Å². The standard InChI is InChI=1S/C25H34N2O3S/c1-19(24(29)26-25(2,3)4)27(17-20-11-13-22(30-5)14-12-20)23(28)15-16-31-18-21-9-7-6-8-10-21/h6-14,19H,15-18H2,1-5H3,(H,26,29)/t19-/m1/s1. The van der Waals surface area contributed by atoms with Crippen LogP contribution in [0.5, 0.6) is 5.75 Å². The average Bonchev–Trinajstić information content (AvgIpc) is 2.74. The fraction of sp³-hybridized carbons (Fsp3) is 0.440. The van der Waals surface area contributed by atoms with Gasteiger partial charge in [-0.05, 0) is 51.0 Å². The Kier molecular flexibility index (Phi) is 9.44. The van der Waals surface area contributed by atoms with Crippen LogP contribution in [0, 0.1) is 0 Å². The summed E-state index contributed by atoms with van der Waals surface area (Å²) in [5, 5.41) is 2.99. The Balaban J connectivity index is 2.03. The van der Waals surface area contributed by atoms with E-state index in [1.807, 2.05) is 63.2 Å². The second-order valence-corrected chi connectivity index (χ2v) is 9.68. The van der Waals surface area contributed by atoms with Crippen molar-refractivity contribution in [2.45, 2.75) is 58.0 Å². The summed E-state index contributed by atoms with van der Waals surface area (Å²) >= 11 is 1.73. The van der Waals surface area contributed by atoms with Crippen LogP contribution >= 0.6 is 11.8 Å². The van der Waals surface area contributed by atoms with E-state index in [0.29, 0.717) is 18.7 Å². The fourth-order valence-electron chi connectivity index (χ4n) is 3.05. The summed E-state index contributed by atoms with van der Waals surface area (Å²) in [6, 6.07) is 17.2. The summed E-state index contributed by atoms with van der Waals surface area (Å²) in [6.07, 6.45) is 0.390. The molecule has 0 aliphatic rings. The molecule has 0 unspecified atom stereocenters. The zero-order valence-corrected chi connectivity index (χ0v) is 20.0. The van der Waals surface area contributed by atoms with E-state index in [1.165, 1.54) is 5.56 Å². The molecule has 0 aliphatic heterocycles. The van der Waals surface area contributed by atoms with Crippen molar-refractivity contribution in [3.63, 3.8) is 0 Å². The molecule has 0 aliphatic carbocycles. The van der Waals surface area contributed by atoms with Gasteiger partial charge in [0, 0.05) is 30.0 Å². The summed E-state index contributed by atoms with van der Waals surface area (Å²) in [7, 11) is 1.62. The fourth-order valence-corrected chi connectivity index (χ4v) is 3.94. The lowest BCUT2D eigenvalue weighted by Crippen LogP contribution is -2.52. The number of nitrogens with one attached hydrogen (secondary N) is 1. The first-order chi connectivity index (χ1) is 14.7. The van der Waals surface area contributed by atoms with Crippen LogP contribution in [0.25, 0.3) is 0 Å². The number of carbonyl (C=O) groups is 2. The maximum absolute atomic E-state index is 13.1. The Morgan fingerprint density at radius 2 is 1.68 bits per heavy atom. The van der Waals surface area contributed by atoms with E-state index in [1.54, 1.807) is 30.7 Å². The Labute approximate surface area is 190 Å². The molecule has 0 spiro atoms. The molecule has 2 aromatic carbocycles.